The average molecular weight is 384 g/mol. The molecule has 0 spiro atoms. The number of thioether (sulfide) groups is 1. The molecule has 1 atom stereocenters. The summed E-state index contributed by atoms with van der Waals surface area (Å²) in [5.74, 6) is -0.00755. The summed E-state index contributed by atoms with van der Waals surface area (Å²) in [6.07, 6.45) is 6.63. The molecule has 2 amide bonds. The lowest BCUT2D eigenvalue weighted by Crippen LogP contribution is -2.37. The van der Waals surface area contributed by atoms with Gasteiger partial charge in [-0.2, -0.15) is 0 Å². The highest BCUT2D eigenvalue weighted by Crippen LogP contribution is 2.28. The zero-order chi connectivity index (χ0) is 18.8. The fraction of sp³-hybridized carbons (Fsp3) is 0.476. The Labute approximate surface area is 163 Å². The van der Waals surface area contributed by atoms with Crippen molar-refractivity contribution in [3.63, 3.8) is 0 Å². The molecule has 1 unspecified atom stereocenters. The van der Waals surface area contributed by atoms with E-state index in [9.17, 15) is 9.59 Å². The van der Waals surface area contributed by atoms with E-state index in [0.717, 1.165) is 36.6 Å². The minimum Gasteiger partial charge on any atom is -0.352 e. The van der Waals surface area contributed by atoms with Crippen LogP contribution in [0.5, 0.6) is 0 Å². The van der Waals surface area contributed by atoms with E-state index < -0.39 is 0 Å². The summed E-state index contributed by atoms with van der Waals surface area (Å²) >= 11 is 1.41. The quantitative estimate of drug-likeness (QED) is 0.747. The predicted molar refractivity (Wildman–Crippen MR) is 108 cm³/mol. The summed E-state index contributed by atoms with van der Waals surface area (Å²) in [4.78, 5) is 29.9. The van der Waals surface area contributed by atoms with Gasteiger partial charge in [-0.25, -0.2) is 4.98 Å². The van der Waals surface area contributed by atoms with E-state index in [0.29, 0.717) is 22.7 Å². The minimum absolute atomic E-state index is 0.0471. The van der Waals surface area contributed by atoms with Crippen molar-refractivity contribution in [2.75, 3.05) is 0 Å². The molecule has 5 nitrogen and oxygen atoms in total. The van der Waals surface area contributed by atoms with E-state index in [4.69, 9.17) is 0 Å². The second-order valence-electron chi connectivity index (χ2n) is 7.52. The lowest BCUT2D eigenvalue weighted by atomic mass is 10.1. The molecule has 0 aliphatic heterocycles. The number of para-hydroxylation sites is 1. The van der Waals surface area contributed by atoms with Crippen molar-refractivity contribution in [2.24, 2.45) is 0 Å². The van der Waals surface area contributed by atoms with Gasteiger partial charge >= 0.3 is 0 Å². The van der Waals surface area contributed by atoms with Crippen LogP contribution in [0.1, 0.15) is 55.8 Å². The van der Waals surface area contributed by atoms with Crippen LogP contribution in [-0.4, -0.2) is 34.1 Å². The Morgan fingerprint density at radius 3 is 2.52 bits per heavy atom. The molecule has 2 aliphatic rings. The Balaban J connectivity index is 1.53. The number of carbonyl (C=O) groups is 2. The molecule has 2 saturated carbocycles. The van der Waals surface area contributed by atoms with E-state index >= 15 is 0 Å². The Kier molecular flexibility index (Phi) is 5.34. The summed E-state index contributed by atoms with van der Waals surface area (Å²) in [6, 6.07) is 10.1. The highest BCUT2D eigenvalue weighted by molar-refractivity contribution is 8.00. The van der Waals surface area contributed by atoms with Crippen LogP contribution in [0, 0.1) is 0 Å². The highest BCUT2D eigenvalue weighted by atomic mass is 32.2. The normalized spacial score (nSPS) is 18.4. The molecule has 2 aliphatic carbocycles. The first-order valence-electron chi connectivity index (χ1n) is 9.78. The van der Waals surface area contributed by atoms with Crippen molar-refractivity contribution in [3.05, 3.63) is 35.9 Å². The maximum absolute atomic E-state index is 12.7. The van der Waals surface area contributed by atoms with E-state index in [-0.39, 0.29) is 17.1 Å². The van der Waals surface area contributed by atoms with Gasteiger partial charge in [-0.1, -0.05) is 42.8 Å². The van der Waals surface area contributed by atoms with Crippen LogP contribution >= 0.6 is 11.8 Å². The van der Waals surface area contributed by atoms with E-state index in [1.165, 1.54) is 24.6 Å². The van der Waals surface area contributed by atoms with Gasteiger partial charge in [0.05, 0.1) is 21.4 Å². The Morgan fingerprint density at radius 1 is 1.07 bits per heavy atom. The summed E-state index contributed by atoms with van der Waals surface area (Å²) in [7, 11) is 0. The third-order valence-electron chi connectivity index (χ3n) is 5.22. The number of hydrogen-bond donors (Lipinski definition) is 2. The molecule has 1 heterocycles. The predicted octanol–water partition coefficient (Wildman–Crippen LogP) is 3.67. The molecule has 1 aromatic heterocycles. The molecular formula is C21H25N3O2S. The molecule has 2 N–H and O–H groups in total. The van der Waals surface area contributed by atoms with Gasteiger partial charge in [0, 0.05) is 17.5 Å². The van der Waals surface area contributed by atoms with Crippen LogP contribution in [0.25, 0.3) is 10.9 Å². The van der Waals surface area contributed by atoms with Crippen molar-refractivity contribution >= 4 is 34.5 Å². The van der Waals surface area contributed by atoms with Gasteiger partial charge in [0.25, 0.3) is 5.91 Å². The molecule has 142 valence electrons. The SMILES string of the molecule is CC(Sc1cc(C(=O)NC2CC2)c2ccccc2n1)C(=O)NC1CCCC1. The fourth-order valence-corrected chi connectivity index (χ4v) is 4.39. The largest absolute Gasteiger partial charge is 0.352 e. The van der Waals surface area contributed by atoms with Crippen LogP contribution in [-0.2, 0) is 4.79 Å². The number of nitrogens with zero attached hydrogens (tertiary/aromatic N) is 1. The molecule has 2 fully saturated rings. The maximum Gasteiger partial charge on any atom is 0.252 e. The number of aromatic nitrogens is 1. The third-order valence-corrected chi connectivity index (χ3v) is 6.24. The minimum atomic E-state index is -0.251. The second-order valence-corrected chi connectivity index (χ2v) is 8.88. The highest BCUT2D eigenvalue weighted by Gasteiger charge is 2.26. The van der Waals surface area contributed by atoms with Gasteiger partial charge in [0.2, 0.25) is 5.91 Å². The molecule has 2 aromatic rings. The number of hydrogen-bond acceptors (Lipinski definition) is 4. The summed E-state index contributed by atoms with van der Waals surface area (Å²) in [5.41, 5.74) is 1.42. The molecule has 0 saturated heterocycles. The number of pyridine rings is 1. The number of nitrogens with one attached hydrogen (secondary N) is 2. The van der Waals surface area contributed by atoms with Crippen molar-refractivity contribution in [2.45, 2.75) is 67.8 Å². The third kappa shape index (κ3) is 4.43. The van der Waals surface area contributed by atoms with E-state index in [2.05, 4.69) is 15.6 Å². The molecule has 6 heteroatoms. The Hall–Kier alpha value is -2.08. The maximum atomic E-state index is 12.7. The van der Waals surface area contributed by atoms with Gasteiger partial charge in [0.15, 0.2) is 0 Å². The molecule has 1 aromatic carbocycles. The van der Waals surface area contributed by atoms with Crippen molar-refractivity contribution in [1.29, 1.82) is 0 Å². The molecule has 0 bridgehead atoms. The topological polar surface area (TPSA) is 71.1 Å². The zero-order valence-corrected chi connectivity index (χ0v) is 16.3. The summed E-state index contributed by atoms with van der Waals surface area (Å²) < 4.78 is 0. The lowest BCUT2D eigenvalue weighted by molar-refractivity contribution is -0.120. The number of rotatable bonds is 6. The fourth-order valence-electron chi connectivity index (χ4n) is 3.51. The van der Waals surface area contributed by atoms with Gasteiger partial charge < -0.3 is 10.6 Å². The van der Waals surface area contributed by atoms with Crippen molar-refractivity contribution in [3.8, 4) is 0 Å². The van der Waals surface area contributed by atoms with Gasteiger partial charge in [-0.15, -0.1) is 0 Å². The average Bonchev–Trinajstić information content (AvgIpc) is 3.33. The molecule has 27 heavy (non-hydrogen) atoms. The van der Waals surface area contributed by atoms with Crippen molar-refractivity contribution in [1.82, 2.24) is 15.6 Å². The van der Waals surface area contributed by atoms with Crippen LogP contribution in [0.4, 0.5) is 0 Å². The summed E-state index contributed by atoms with van der Waals surface area (Å²) in [6.45, 7) is 1.90. The van der Waals surface area contributed by atoms with Crippen LogP contribution in [0.15, 0.2) is 35.4 Å². The molecule has 4 rings (SSSR count). The molecular weight excluding hydrogens is 358 g/mol. The van der Waals surface area contributed by atoms with Crippen molar-refractivity contribution < 1.29 is 9.59 Å². The Morgan fingerprint density at radius 2 is 1.78 bits per heavy atom. The first-order chi connectivity index (χ1) is 13.1. The smallest absolute Gasteiger partial charge is 0.252 e. The second kappa shape index (κ2) is 7.89. The van der Waals surface area contributed by atoms with Crippen LogP contribution < -0.4 is 10.6 Å². The number of benzene rings is 1. The Bertz CT molecular complexity index is 860. The van der Waals surface area contributed by atoms with E-state index in [1.807, 2.05) is 37.3 Å². The van der Waals surface area contributed by atoms with Crippen LogP contribution in [0.2, 0.25) is 0 Å². The van der Waals surface area contributed by atoms with Gasteiger partial charge in [-0.3, -0.25) is 9.59 Å². The lowest BCUT2D eigenvalue weighted by Gasteiger charge is -2.17. The number of carbonyl (C=O) groups excluding carboxylic acids is 2. The number of fused-ring (bicyclic) bond motifs is 1. The monoisotopic (exact) mass is 383 g/mol. The standard InChI is InChI=1S/C21H25N3O2S/c1-13(20(25)22-14-6-2-3-7-14)27-19-12-17(21(26)23-15-10-11-15)16-8-4-5-9-18(16)24-19/h4-5,8-9,12-15H,2-3,6-7,10-11H2,1H3,(H,22,25)(H,23,26). The van der Waals surface area contributed by atoms with E-state index in [1.54, 1.807) is 0 Å². The zero-order valence-electron chi connectivity index (χ0n) is 15.5. The first kappa shape index (κ1) is 18.3. The first-order valence-corrected chi connectivity index (χ1v) is 10.7. The van der Waals surface area contributed by atoms with Crippen LogP contribution in [0.3, 0.4) is 0 Å². The molecule has 0 radical (unpaired) electrons. The van der Waals surface area contributed by atoms with Gasteiger partial charge in [0.1, 0.15) is 0 Å². The van der Waals surface area contributed by atoms with Gasteiger partial charge in [-0.05, 0) is 44.7 Å². The number of amides is 2. The summed E-state index contributed by atoms with van der Waals surface area (Å²) in [5, 5.41) is 7.51.